The molecule has 0 aliphatic rings. The summed E-state index contributed by atoms with van der Waals surface area (Å²) in [6, 6.07) is 15.6. The zero-order valence-electron chi connectivity index (χ0n) is 11.9. The molecule has 6 heteroatoms. The normalized spacial score (nSPS) is 10.5. The molecule has 116 valence electrons. The monoisotopic (exact) mass is 374 g/mol. The fourth-order valence-electron chi connectivity index (χ4n) is 2.05. The standard InChI is InChI=1S/C17H12BrFN2O2/c18-13-7-6-12(14(19)8-13)10-20-17(22)15-9-16(23-21-15)11-4-2-1-3-5-11/h1-9H,10H2,(H,20,22). The average molecular weight is 375 g/mol. The number of nitrogens with one attached hydrogen (secondary N) is 1. The Morgan fingerprint density at radius 3 is 2.70 bits per heavy atom. The van der Waals surface area contributed by atoms with Crippen LogP contribution in [0, 0.1) is 5.82 Å². The second-order valence-electron chi connectivity index (χ2n) is 4.86. The van der Waals surface area contributed by atoms with Gasteiger partial charge in [0.25, 0.3) is 5.91 Å². The van der Waals surface area contributed by atoms with Crippen LogP contribution in [0.15, 0.2) is 63.6 Å². The van der Waals surface area contributed by atoms with Gasteiger partial charge in [-0.25, -0.2) is 4.39 Å². The van der Waals surface area contributed by atoms with Crippen molar-refractivity contribution in [2.45, 2.75) is 6.54 Å². The highest BCUT2D eigenvalue weighted by Crippen LogP contribution is 2.20. The van der Waals surface area contributed by atoms with Gasteiger partial charge in [-0.2, -0.15) is 0 Å². The summed E-state index contributed by atoms with van der Waals surface area (Å²) < 4.78 is 19.5. The van der Waals surface area contributed by atoms with Crippen molar-refractivity contribution in [1.29, 1.82) is 0 Å². The number of aromatic nitrogens is 1. The second-order valence-corrected chi connectivity index (χ2v) is 5.78. The maximum atomic E-state index is 13.7. The summed E-state index contributed by atoms with van der Waals surface area (Å²) in [7, 11) is 0. The Kier molecular flexibility index (Phi) is 4.52. The van der Waals surface area contributed by atoms with Gasteiger partial charge in [-0.15, -0.1) is 0 Å². The van der Waals surface area contributed by atoms with E-state index in [4.69, 9.17) is 4.52 Å². The Labute approximate surface area is 140 Å². The molecule has 0 aliphatic carbocycles. The summed E-state index contributed by atoms with van der Waals surface area (Å²) in [6.45, 7) is 0.0749. The van der Waals surface area contributed by atoms with Gasteiger partial charge < -0.3 is 9.84 Å². The Balaban J connectivity index is 1.68. The molecule has 0 fully saturated rings. The summed E-state index contributed by atoms with van der Waals surface area (Å²) in [4.78, 5) is 12.1. The van der Waals surface area contributed by atoms with Crippen LogP contribution in [0.25, 0.3) is 11.3 Å². The van der Waals surface area contributed by atoms with Crippen molar-refractivity contribution in [3.63, 3.8) is 0 Å². The molecular weight excluding hydrogens is 363 g/mol. The third-order valence-corrected chi connectivity index (χ3v) is 3.75. The molecular formula is C17H12BrFN2O2. The third kappa shape index (κ3) is 3.65. The highest BCUT2D eigenvalue weighted by molar-refractivity contribution is 9.10. The molecule has 0 radical (unpaired) electrons. The molecule has 1 N–H and O–H groups in total. The Hall–Kier alpha value is -2.47. The number of carbonyl (C=O) groups excluding carboxylic acids is 1. The van der Waals surface area contributed by atoms with Gasteiger partial charge in [-0.05, 0) is 12.1 Å². The molecule has 0 unspecified atom stereocenters. The minimum absolute atomic E-state index is 0.0749. The highest BCUT2D eigenvalue weighted by atomic mass is 79.9. The fourth-order valence-corrected chi connectivity index (χ4v) is 2.38. The molecule has 0 bridgehead atoms. The van der Waals surface area contributed by atoms with E-state index in [2.05, 4.69) is 26.4 Å². The van der Waals surface area contributed by atoms with Crippen molar-refractivity contribution in [3.05, 3.63) is 76.1 Å². The molecule has 0 saturated carbocycles. The first kappa shape index (κ1) is 15.4. The number of hydrogen-bond acceptors (Lipinski definition) is 3. The first-order valence-corrected chi connectivity index (χ1v) is 7.67. The molecule has 0 atom stereocenters. The van der Waals surface area contributed by atoms with E-state index >= 15 is 0 Å². The number of carbonyl (C=O) groups is 1. The Morgan fingerprint density at radius 2 is 1.96 bits per heavy atom. The van der Waals surface area contributed by atoms with E-state index in [1.165, 1.54) is 6.07 Å². The molecule has 0 saturated heterocycles. The summed E-state index contributed by atoms with van der Waals surface area (Å²) >= 11 is 3.19. The lowest BCUT2D eigenvalue weighted by molar-refractivity contribution is 0.0941. The van der Waals surface area contributed by atoms with Gasteiger partial charge in [0.05, 0.1) is 0 Å². The molecule has 23 heavy (non-hydrogen) atoms. The van der Waals surface area contributed by atoms with Crippen molar-refractivity contribution < 1.29 is 13.7 Å². The molecule has 0 spiro atoms. The zero-order chi connectivity index (χ0) is 16.2. The van der Waals surface area contributed by atoms with Crippen LogP contribution < -0.4 is 5.32 Å². The summed E-state index contributed by atoms with van der Waals surface area (Å²) in [5.41, 5.74) is 1.38. The Morgan fingerprint density at radius 1 is 1.17 bits per heavy atom. The van der Waals surface area contributed by atoms with Gasteiger partial charge in [0, 0.05) is 28.2 Å². The van der Waals surface area contributed by atoms with E-state index in [0.717, 1.165) is 5.56 Å². The lowest BCUT2D eigenvalue weighted by atomic mass is 10.1. The van der Waals surface area contributed by atoms with Crippen LogP contribution in [0.3, 0.4) is 0 Å². The van der Waals surface area contributed by atoms with Crippen LogP contribution in [0.5, 0.6) is 0 Å². The minimum atomic E-state index is -0.418. The van der Waals surface area contributed by atoms with E-state index in [0.29, 0.717) is 15.8 Å². The predicted octanol–water partition coefficient (Wildman–Crippen LogP) is 4.17. The molecule has 1 aromatic heterocycles. The summed E-state index contributed by atoms with van der Waals surface area (Å²) in [6.07, 6.45) is 0. The molecule has 3 rings (SSSR count). The molecule has 1 amide bonds. The van der Waals surface area contributed by atoms with Crippen molar-refractivity contribution in [2.24, 2.45) is 0 Å². The van der Waals surface area contributed by atoms with Crippen molar-refractivity contribution in [1.82, 2.24) is 10.5 Å². The first-order chi connectivity index (χ1) is 11.1. The molecule has 4 nitrogen and oxygen atoms in total. The number of nitrogens with zero attached hydrogens (tertiary/aromatic N) is 1. The number of hydrogen-bond donors (Lipinski definition) is 1. The van der Waals surface area contributed by atoms with Crippen LogP contribution in [0.1, 0.15) is 16.1 Å². The van der Waals surface area contributed by atoms with Crippen LogP contribution in [-0.2, 0) is 6.54 Å². The van der Waals surface area contributed by atoms with Gasteiger partial charge in [-0.1, -0.05) is 57.5 Å². The predicted molar refractivity (Wildman–Crippen MR) is 87.2 cm³/mol. The van der Waals surface area contributed by atoms with Crippen molar-refractivity contribution >= 4 is 21.8 Å². The average Bonchev–Trinajstić information content (AvgIpc) is 3.05. The van der Waals surface area contributed by atoms with Crippen LogP contribution in [-0.4, -0.2) is 11.1 Å². The lowest BCUT2D eigenvalue weighted by Crippen LogP contribution is -2.23. The second kappa shape index (κ2) is 6.75. The summed E-state index contributed by atoms with van der Waals surface area (Å²) in [5, 5.41) is 6.38. The van der Waals surface area contributed by atoms with E-state index in [1.54, 1.807) is 18.2 Å². The SMILES string of the molecule is O=C(NCc1ccc(Br)cc1F)c1cc(-c2ccccc2)on1. The first-order valence-electron chi connectivity index (χ1n) is 6.88. The number of amides is 1. The van der Waals surface area contributed by atoms with Crippen LogP contribution >= 0.6 is 15.9 Å². The largest absolute Gasteiger partial charge is 0.355 e. The van der Waals surface area contributed by atoms with E-state index in [9.17, 15) is 9.18 Å². The third-order valence-electron chi connectivity index (χ3n) is 3.26. The molecule has 1 heterocycles. The maximum Gasteiger partial charge on any atom is 0.273 e. The quantitative estimate of drug-likeness (QED) is 0.745. The smallest absolute Gasteiger partial charge is 0.273 e. The van der Waals surface area contributed by atoms with Gasteiger partial charge in [0.15, 0.2) is 11.5 Å². The Bertz CT molecular complexity index is 834. The minimum Gasteiger partial charge on any atom is -0.355 e. The zero-order valence-corrected chi connectivity index (χ0v) is 13.5. The van der Waals surface area contributed by atoms with Gasteiger partial charge in [0.1, 0.15) is 5.82 Å². The molecule has 0 aliphatic heterocycles. The maximum absolute atomic E-state index is 13.7. The van der Waals surface area contributed by atoms with E-state index < -0.39 is 5.91 Å². The van der Waals surface area contributed by atoms with Crippen molar-refractivity contribution in [3.8, 4) is 11.3 Å². The van der Waals surface area contributed by atoms with Gasteiger partial charge >= 0.3 is 0 Å². The highest BCUT2D eigenvalue weighted by Gasteiger charge is 2.14. The summed E-state index contributed by atoms with van der Waals surface area (Å²) in [5.74, 6) is -0.298. The number of halogens is 2. The van der Waals surface area contributed by atoms with Crippen molar-refractivity contribution in [2.75, 3.05) is 0 Å². The topological polar surface area (TPSA) is 55.1 Å². The van der Waals surface area contributed by atoms with Gasteiger partial charge in [0.2, 0.25) is 0 Å². The van der Waals surface area contributed by atoms with E-state index in [1.807, 2.05) is 30.3 Å². The van der Waals surface area contributed by atoms with Crippen LogP contribution in [0.4, 0.5) is 4.39 Å². The van der Waals surface area contributed by atoms with E-state index in [-0.39, 0.29) is 18.1 Å². The molecule has 3 aromatic rings. The van der Waals surface area contributed by atoms with Gasteiger partial charge in [-0.3, -0.25) is 4.79 Å². The lowest BCUT2D eigenvalue weighted by Gasteiger charge is -2.04. The molecule has 2 aromatic carbocycles. The fraction of sp³-hybridized carbons (Fsp3) is 0.0588. The number of rotatable bonds is 4. The van der Waals surface area contributed by atoms with Crippen LogP contribution in [0.2, 0.25) is 0 Å². The number of benzene rings is 2.